The van der Waals surface area contributed by atoms with Crippen molar-refractivity contribution in [2.45, 2.75) is 45.8 Å². The molecule has 0 radical (unpaired) electrons. The lowest BCUT2D eigenvalue weighted by atomic mass is 10.0. The molecule has 0 aliphatic carbocycles. The lowest BCUT2D eigenvalue weighted by Crippen LogP contribution is -2.45. The van der Waals surface area contributed by atoms with Crippen LogP contribution in [0.4, 0.5) is 10.5 Å². The van der Waals surface area contributed by atoms with Crippen LogP contribution in [0.3, 0.4) is 0 Å². The minimum absolute atomic E-state index is 0.0114. The predicted molar refractivity (Wildman–Crippen MR) is 130 cm³/mol. The number of nitro benzene ring substituents is 1. The molecule has 10 nitrogen and oxygen atoms in total. The van der Waals surface area contributed by atoms with E-state index in [4.69, 9.17) is 9.47 Å². The summed E-state index contributed by atoms with van der Waals surface area (Å²) < 4.78 is 10.4. The molecule has 3 aromatic rings. The number of amides is 1. The molecule has 2 N–H and O–H groups in total. The van der Waals surface area contributed by atoms with E-state index in [2.05, 4.69) is 15.5 Å². The number of ether oxygens (including phenoxy) is 2. The molecular formula is C25H28N4O6. The minimum atomic E-state index is -0.921. The molecule has 0 aliphatic rings. The number of nitrogens with one attached hydrogen (secondary N) is 2. The van der Waals surface area contributed by atoms with Crippen molar-refractivity contribution in [3.8, 4) is 22.5 Å². The van der Waals surface area contributed by atoms with Crippen LogP contribution in [-0.4, -0.2) is 45.4 Å². The molecule has 0 bridgehead atoms. The lowest BCUT2D eigenvalue weighted by Gasteiger charge is -2.23. The third-order valence-electron chi connectivity index (χ3n) is 4.89. The van der Waals surface area contributed by atoms with E-state index in [0.29, 0.717) is 11.4 Å². The molecule has 1 amide bonds. The highest BCUT2D eigenvalue weighted by molar-refractivity contribution is 5.82. The number of aromatic nitrogens is 2. The number of aromatic amines is 1. The van der Waals surface area contributed by atoms with Crippen molar-refractivity contribution in [2.24, 2.45) is 0 Å². The van der Waals surface area contributed by atoms with Crippen LogP contribution in [0, 0.1) is 10.1 Å². The Kier molecular flexibility index (Phi) is 7.85. The molecule has 0 fully saturated rings. The van der Waals surface area contributed by atoms with Crippen LogP contribution in [0.25, 0.3) is 22.5 Å². The molecule has 10 heteroatoms. The molecule has 0 saturated heterocycles. The molecule has 3 rings (SSSR count). The van der Waals surface area contributed by atoms with Gasteiger partial charge in [-0.3, -0.25) is 15.2 Å². The fraction of sp³-hybridized carbons (Fsp3) is 0.320. The van der Waals surface area contributed by atoms with Gasteiger partial charge in [0.25, 0.3) is 5.69 Å². The zero-order valence-electron chi connectivity index (χ0n) is 20.0. The summed E-state index contributed by atoms with van der Waals surface area (Å²) in [5.74, 6) is -0.552. The Balaban J connectivity index is 1.78. The number of non-ortho nitro benzene ring substituents is 1. The molecule has 0 spiro atoms. The molecule has 184 valence electrons. The number of alkyl carbamates (subject to hydrolysis) is 1. The Hall–Kier alpha value is -4.21. The molecule has 2 aromatic carbocycles. The Morgan fingerprint density at radius 3 is 2.46 bits per heavy atom. The molecule has 1 aromatic heterocycles. The number of carbonyl (C=O) groups is 2. The van der Waals surface area contributed by atoms with Crippen molar-refractivity contribution in [1.29, 1.82) is 0 Å². The second kappa shape index (κ2) is 10.8. The van der Waals surface area contributed by atoms with E-state index in [1.807, 2.05) is 30.3 Å². The highest BCUT2D eigenvalue weighted by Gasteiger charge is 2.26. The van der Waals surface area contributed by atoms with Crippen LogP contribution in [0.5, 0.6) is 0 Å². The van der Waals surface area contributed by atoms with E-state index >= 15 is 0 Å². The quantitative estimate of drug-likeness (QED) is 0.272. The Morgan fingerprint density at radius 2 is 1.83 bits per heavy atom. The van der Waals surface area contributed by atoms with Gasteiger partial charge in [0.15, 0.2) is 0 Å². The van der Waals surface area contributed by atoms with Crippen LogP contribution in [0.2, 0.25) is 0 Å². The van der Waals surface area contributed by atoms with Gasteiger partial charge in [-0.2, -0.15) is 5.10 Å². The van der Waals surface area contributed by atoms with Gasteiger partial charge >= 0.3 is 12.1 Å². The monoisotopic (exact) mass is 480 g/mol. The Morgan fingerprint density at radius 1 is 1.11 bits per heavy atom. The summed E-state index contributed by atoms with van der Waals surface area (Å²) in [6, 6.07) is 14.5. The van der Waals surface area contributed by atoms with Crippen molar-refractivity contribution in [3.05, 3.63) is 70.3 Å². The number of rotatable bonds is 8. The number of benzene rings is 2. The fourth-order valence-corrected chi connectivity index (χ4v) is 3.36. The van der Waals surface area contributed by atoms with Crippen molar-refractivity contribution >= 4 is 17.7 Å². The summed E-state index contributed by atoms with van der Waals surface area (Å²) in [5.41, 5.74) is 3.02. The minimum Gasteiger partial charge on any atom is -0.464 e. The number of nitro groups is 1. The van der Waals surface area contributed by atoms with Crippen LogP contribution in [0.1, 0.15) is 33.3 Å². The van der Waals surface area contributed by atoms with Gasteiger partial charge in [0.2, 0.25) is 0 Å². The molecule has 1 heterocycles. The van der Waals surface area contributed by atoms with Crippen molar-refractivity contribution in [1.82, 2.24) is 15.5 Å². The number of nitrogens with zero attached hydrogens (tertiary/aromatic N) is 2. The Labute approximate surface area is 202 Å². The highest BCUT2D eigenvalue weighted by atomic mass is 16.6. The largest absolute Gasteiger partial charge is 0.464 e. The summed E-state index contributed by atoms with van der Waals surface area (Å²) in [6.07, 6.45) is -0.502. The maximum atomic E-state index is 12.5. The van der Waals surface area contributed by atoms with Gasteiger partial charge in [0, 0.05) is 29.7 Å². The summed E-state index contributed by atoms with van der Waals surface area (Å²) in [6.45, 7) is 7.10. The molecule has 35 heavy (non-hydrogen) atoms. The topological polar surface area (TPSA) is 136 Å². The van der Waals surface area contributed by atoms with Gasteiger partial charge in [0.05, 0.1) is 22.9 Å². The summed E-state index contributed by atoms with van der Waals surface area (Å²) >= 11 is 0. The third kappa shape index (κ3) is 7.13. The van der Waals surface area contributed by atoms with Crippen molar-refractivity contribution in [2.75, 3.05) is 6.61 Å². The van der Waals surface area contributed by atoms with Gasteiger partial charge in [0.1, 0.15) is 11.6 Å². The van der Waals surface area contributed by atoms with E-state index in [1.54, 1.807) is 39.8 Å². The zero-order chi connectivity index (χ0) is 25.6. The van der Waals surface area contributed by atoms with Crippen LogP contribution in [-0.2, 0) is 20.7 Å². The standard InChI is InChI=1S/C25H28N4O6/c1-5-34-23(30)22(26-24(31)35-25(2,3)4)14-16-7-6-8-18(13-16)21-15-20(27-28-21)17-9-11-19(12-10-17)29(32)33/h6-13,15,22H,5,14H2,1-4H3,(H,26,31)(H,27,28). The smallest absolute Gasteiger partial charge is 0.408 e. The number of carbonyl (C=O) groups excluding carboxylic acids is 2. The first-order chi connectivity index (χ1) is 16.6. The first kappa shape index (κ1) is 25.4. The molecule has 1 atom stereocenters. The van der Waals surface area contributed by atoms with Crippen LogP contribution < -0.4 is 5.32 Å². The SMILES string of the molecule is CCOC(=O)C(Cc1cccc(-c2cc(-c3ccc([N+](=O)[O-])cc3)[nH]n2)c1)NC(=O)OC(C)(C)C. The van der Waals surface area contributed by atoms with Crippen molar-refractivity contribution in [3.63, 3.8) is 0 Å². The molecular weight excluding hydrogens is 452 g/mol. The second-order valence-electron chi connectivity index (χ2n) is 8.83. The van der Waals surface area contributed by atoms with Crippen LogP contribution in [0.15, 0.2) is 54.6 Å². The average Bonchev–Trinajstić information content (AvgIpc) is 3.28. The lowest BCUT2D eigenvalue weighted by molar-refractivity contribution is -0.384. The molecule has 0 aliphatic heterocycles. The van der Waals surface area contributed by atoms with E-state index in [0.717, 1.165) is 16.7 Å². The van der Waals surface area contributed by atoms with Crippen molar-refractivity contribution < 1.29 is 24.0 Å². The zero-order valence-corrected chi connectivity index (χ0v) is 20.0. The fourth-order valence-electron chi connectivity index (χ4n) is 3.36. The summed E-state index contributed by atoms with van der Waals surface area (Å²) in [7, 11) is 0. The maximum Gasteiger partial charge on any atom is 0.408 e. The van der Waals surface area contributed by atoms with E-state index in [1.165, 1.54) is 12.1 Å². The van der Waals surface area contributed by atoms with Gasteiger partial charge in [-0.1, -0.05) is 18.2 Å². The van der Waals surface area contributed by atoms with E-state index < -0.39 is 28.6 Å². The van der Waals surface area contributed by atoms with Gasteiger partial charge in [-0.25, -0.2) is 9.59 Å². The third-order valence-corrected chi connectivity index (χ3v) is 4.89. The first-order valence-electron chi connectivity index (χ1n) is 11.1. The van der Waals surface area contributed by atoms with Gasteiger partial charge < -0.3 is 14.8 Å². The maximum absolute atomic E-state index is 12.5. The van der Waals surface area contributed by atoms with Crippen LogP contribution >= 0.6 is 0 Å². The normalized spacial score (nSPS) is 12.0. The van der Waals surface area contributed by atoms with Gasteiger partial charge in [-0.05, 0) is 57.5 Å². The molecule has 1 unspecified atom stereocenters. The summed E-state index contributed by atoms with van der Waals surface area (Å²) in [4.78, 5) is 35.2. The first-order valence-corrected chi connectivity index (χ1v) is 11.1. The number of H-pyrrole nitrogens is 1. The average molecular weight is 481 g/mol. The number of hydrogen-bond acceptors (Lipinski definition) is 7. The summed E-state index contributed by atoms with van der Waals surface area (Å²) in [5, 5.41) is 20.8. The Bertz CT molecular complexity index is 1200. The predicted octanol–water partition coefficient (Wildman–Crippen LogP) is 4.65. The highest BCUT2D eigenvalue weighted by Crippen LogP contribution is 2.26. The van der Waals surface area contributed by atoms with Gasteiger partial charge in [-0.15, -0.1) is 0 Å². The number of hydrogen-bond donors (Lipinski definition) is 2. The second-order valence-corrected chi connectivity index (χ2v) is 8.83. The van der Waals surface area contributed by atoms with E-state index in [-0.39, 0.29) is 18.7 Å². The number of esters is 1. The molecule has 0 saturated carbocycles. The van der Waals surface area contributed by atoms with E-state index in [9.17, 15) is 19.7 Å².